The van der Waals surface area contributed by atoms with Gasteiger partial charge in [0.15, 0.2) is 0 Å². The number of benzene rings is 1. The largest absolute Gasteiger partial charge is 0.481 e. The van der Waals surface area contributed by atoms with Crippen LogP contribution in [0, 0.1) is 19.7 Å². The van der Waals surface area contributed by atoms with Gasteiger partial charge in [-0.05, 0) is 38.1 Å². The van der Waals surface area contributed by atoms with Crippen molar-refractivity contribution >= 4 is 5.91 Å². The number of hydrogen-bond donors (Lipinski definition) is 1. The lowest BCUT2D eigenvalue weighted by Crippen LogP contribution is -2.33. The normalized spacial score (nSPS) is 10.6. The Balaban J connectivity index is 1.74. The number of aryl methyl sites for hydroxylation is 2. The predicted octanol–water partition coefficient (Wildman–Crippen LogP) is 1.89. The molecule has 1 N–H and O–H groups in total. The van der Waals surface area contributed by atoms with Crippen LogP contribution in [0.5, 0.6) is 5.88 Å². The number of carbonyl (C=O) groups is 1. The summed E-state index contributed by atoms with van der Waals surface area (Å²) in [6.45, 7) is 3.99. The van der Waals surface area contributed by atoms with Crippen LogP contribution >= 0.6 is 0 Å². The number of nitrogens with one attached hydrogen (secondary N) is 1. The lowest BCUT2D eigenvalue weighted by atomic mass is 10.1. The molecule has 0 aliphatic carbocycles. The fourth-order valence-corrected chi connectivity index (χ4v) is 2.91. The molecule has 0 unspecified atom stereocenters. The van der Waals surface area contributed by atoms with Gasteiger partial charge in [-0.2, -0.15) is 4.98 Å². The van der Waals surface area contributed by atoms with E-state index in [1.54, 1.807) is 26.0 Å². The fraction of sp³-hybridized carbons (Fsp3) is 0.250. The Labute approximate surface area is 166 Å². The molecule has 1 aromatic carbocycles. The summed E-state index contributed by atoms with van der Waals surface area (Å²) >= 11 is 0. The van der Waals surface area contributed by atoms with Gasteiger partial charge in [0.2, 0.25) is 5.88 Å². The quantitative estimate of drug-likeness (QED) is 0.682. The topological polar surface area (TPSA) is 99.0 Å². The molecule has 3 aromatic rings. The van der Waals surface area contributed by atoms with Gasteiger partial charge in [-0.1, -0.05) is 0 Å². The Morgan fingerprint density at radius 1 is 1.17 bits per heavy atom. The number of amides is 1. The van der Waals surface area contributed by atoms with Crippen LogP contribution in [0.1, 0.15) is 21.7 Å². The third-order valence-electron chi connectivity index (χ3n) is 4.27. The van der Waals surface area contributed by atoms with Crippen molar-refractivity contribution < 1.29 is 13.9 Å². The number of ether oxygens (including phenoxy) is 1. The third-order valence-corrected chi connectivity index (χ3v) is 4.27. The first-order valence-electron chi connectivity index (χ1n) is 8.87. The zero-order valence-electron chi connectivity index (χ0n) is 16.3. The Morgan fingerprint density at radius 2 is 1.97 bits per heavy atom. The van der Waals surface area contributed by atoms with Gasteiger partial charge in [0.25, 0.3) is 5.91 Å². The van der Waals surface area contributed by atoms with Crippen molar-refractivity contribution in [2.24, 2.45) is 0 Å². The molecule has 0 saturated carbocycles. The minimum Gasteiger partial charge on any atom is -0.481 e. The molecular weight excluding hydrogens is 377 g/mol. The van der Waals surface area contributed by atoms with Crippen LogP contribution in [0.4, 0.5) is 4.39 Å². The van der Waals surface area contributed by atoms with Gasteiger partial charge in [-0.25, -0.2) is 19.2 Å². The maximum atomic E-state index is 14.1. The highest BCUT2D eigenvalue weighted by Gasteiger charge is 2.12. The second-order valence-electron chi connectivity index (χ2n) is 6.40. The van der Waals surface area contributed by atoms with E-state index in [1.807, 2.05) is 0 Å². The van der Waals surface area contributed by atoms with Crippen molar-refractivity contribution in [3.05, 3.63) is 69.9 Å². The monoisotopic (exact) mass is 397 g/mol. The molecule has 9 heteroatoms. The van der Waals surface area contributed by atoms with E-state index in [9.17, 15) is 14.0 Å². The van der Waals surface area contributed by atoms with Crippen molar-refractivity contribution in [3.63, 3.8) is 0 Å². The third kappa shape index (κ3) is 4.81. The van der Waals surface area contributed by atoms with Gasteiger partial charge in [0.05, 0.1) is 12.8 Å². The van der Waals surface area contributed by atoms with E-state index in [2.05, 4.69) is 20.3 Å². The van der Waals surface area contributed by atoms with Crippen LogP contribution in [0.3, 0.4) is 0 Å². The van der Waals surface area contributed by atoms with E-state index in [0.29, 0.717) is 22.8 Å². The fourth-order valence-electron chi connectivity index (χ4n) is 2.91. The van der Waals surface area contributed by atoms with Crippen molar-refractivity contribution in [2.45, 2.75) is 20.4 Å². The number of halogens is 1. The van der Waals surface area contributed by atoms with E-state index in [0.717, 1.165) is 11.8 Å². The van der Waals surface area contributed by atoms with Gasteiger partial charge < -0.3 is 10.1 Å². The molecule has 1 amide bonds. The molecular formula is C20H20FN5O3. The Kier molecular flexibility index (Phi) is 5.96. The highest BCUT2D eigenvalue weighted by molar-refractivity contribution is 5.95. The van der Waals surface area contributed by atoms with Gasteiger partial charge in [-0.15, -0.1) is 0 Å². The maximum absolute atomic E-state index is 14.1. The smallest absolute Gasteiger partial charge is 0.348 e. The minimum atomic E-state index is -0.569. The molecule has 0 atom stereocenters. The van der Waals surface area contributed by atoms with Gasteiger partial charge in [0, 0.05) is 41.7 Å². The van der Waals surface area contributed by atoms with Crippen molar-refractivity contribution in [3.8, 4) is 17.1 Å². The summed E-state index contributed by atoms with van der Waals surface area (Å²) in [5.41, 5.74) is 2.01. The second-order valence-corrected chi connectivity index (χ2v) is 6.40. The molecule has 8 nitrogen and oxygen atoms in total. The number of rotatable bonds is 6. The average molecular weight is 397 g/mol. The molecule has 3 rings (SSSR count). The molecule has 0 fully saturated rings. The maximum Gasteiger partial charge on any atom is 0.348 e. The number of nitrogens with zero attached hydrogens (tertiary/aromatic N) is 4. The Hall–Kier alpha value is -3.62. The van der Waals surface area contributed by atoms with Crippen LogP contribution in [0.25, 0.3) is 11.3 Å². The van der Waals surface area contributed by atoms with Gasteiger partial charge >= 0.3 is 5.69 Å². The van der Waals surface area contributed by atoms with Crippen LogP contribution in [-0.2, 0) is 6.54 Å². The molecule has 2 aromatic heterocycles. The summed E-state index contributed by atoms with van der Waals surface area (Å²) in [5, 5.41) is 2.69. The summed E-state index contributed by atoms with van der Waals surface area (Å²) < 4.78 is 20.6. The number of aromatic nitrogens is 4. The molecule has 150 valence electrons. The number of carbonyl (C=O) groups excluding carboxylic acids is 1. The van der Waals surface area contributed by atoms with E-state index in [4.69, 9.17) is 4.74 Å². The summed E-state index contributed by atoms with van der Waals surface area (Å²) in [4.78, 5) is 36.3. The zero-order valence-corrected chi connectivity index (χ0v) is 16.3. The highest BCUT2D eigenvalue weighted by atomic mass is 19.1. The molecule has 2 heterocycles. The Morgan fingerprint density at radius 3 is 2.69 bits per heavy atom. The van der Waals surface area contributed by atoms with Gasteiger partial charge in [0.1, 0.15) is 12.1 Å². The first-order chi connectivity index (χ1) is 13.9. The first-order valence-corrected chi connectivity index (χ1v) is 8.87. The molecule has 0 aliphatic heterocycles. The molecule has 0 bridgehead atoms. The summed E-state index contributed by atoms with van der Waals surface area (Å²) in [6.07, 6.45) is 1.30. The number of hydrogen-bond acceptors (Lipinski definition) is 6. The van der Waals surface area contributed by atoms with E-state index in [1.165, 1.54) is 30.1 Å². The lowest BCUT2D eigenvalue weighted by Gasteiger charge is -2.11. The van der Waals surface area contributed by atoms with Crippen LogP contribution < -0.4 is 15.7 Å². The highest BCUT2D eigenvalue weighted by Crippen LogP contribution is 2.22. The van der Waals surface area contributed by atoms with Gasteiger partial charge in [-0.3, -0.25) is 9.36 Å². The van der Waals surface area contributed by atoms with Crippen LogP contribution in [-0.4, -0.2) is 39.1 Å². The van der Waals surface area contributed by atoms with Crippen molar-refractivity contribution in [1.29, 1.82) is 0 Å². The zero-order chi connectivity index (χ0) is 21.0. The molecule has 0 saturated heterocycles. The standard InChI is InChI=1S/C20H20FN5O3/c1-12-6-13(2)26(20(28)25-12)5-4-22-19(27)15-7-14(8-16(21)9-15)17-10-18(29-3)24-11-23-17/h6-11H,4-5H2,1-3H3,(H,22,27). The molecule has 0 radical (unpaired) electrons. The summed E-state index contributed by atoms with van der Waals surface area (Å²) in [7, 11) is 1.47. The van der Waals surface area contributed by atoms with Crippen LogP contribution in [0.15, 0.2) is 41.5 Å². The number of methoxy groups -OCH3 is 1. The lowest BCUT2D eigenvalue weighted by molar-refractivity contribution is 0.0951. The van der Waals surface area contributed by atoms with E-state index in [-0.39, 0.29) is 24.3 Å². The van der Waals surface area contributed by atoms with Crippen molar-refractivity contribution in [2.75, 3.05) is 13.7 Å². The van der Waals surface area contributed by atoms with Crippen LogP contribution in [0.2, 0.25) is 0 Å². The van der Waals surface area contributed by atoms with E-state index < -0.39 is 11.7 Å². The second kappa shape index (κ2) is 8.59. The average Bonchev–Trinajstić information content (AvgIpc) is 2.69. The summed E-state index contributed by atoms with van der Waals surface area (Å²) in [5.74, 6) is -0.699. The SMILES string of the molecule is COc1cc(-c2cc(F)cc(C(=O)NCCn3c(C)cc(C)nc3=O)c2)ncn1. The van der Waals surface area contributed by atoms with Crippen molar-refractivity contribution in [1.82, 2.24) is 24.8 Å². The first kappa shape index (κ1) is 20.1. The molecule has 29 heavy (non-hydrogen) atoms. The summed E-state index contributed by atoms with van der Waals surface area (Å²) in [6, 6.07) is 7.29. The molecule has 0 aliphatic rings. The minimum absolute atomic E-state index is 0.142. The molecule has 0 spiro atoms. The predicted molar refractivity (Wildman–Crippen MR) is 104 cm³/mol. The Bertz CT molecular complexity index is 1110. The van der Waals surface area contributed by atoms with E-state index >= 15 is 0 Å².